The summed E-state index contributed by atoms with van der Waals surface area (Å²) in [6.45, 7) is 0. The van der Waals surface area contributed by atoms with Crippen molar-refractivity contribution >= 4 is 27.0 Å². The van der Waals surface area contributed by atoms with Crippen LogP contribution in [0.5, 0.6) is 0 Å². The van der Waals surface area contributed by atoms with E-state index in [0.717, 1.165) is 22.2 Å². The van der Waals surface area contributed by atoms with Crippen LogP contribution in [0, 0.1) is 11.6 Å². The Morgan fingerprint density at radius 3 is 2.61 bits per heavy atom. The second-order valence-electron chi connectivity index (χ2n) is 3.76. The maximum absolute atomic E-state index is 13.1. The van der Waals surface area contributed by atoms with Gasteiger partial charge in [-0.3, -0.25) is 0 Å². The van der Waals surface area contributed by atoms with Crippen molar-refractivity contribution in [3.05, 3.63) is 52.5 Å². The van der Waals surface area contributed by atoms with E-state index in [2.05, 4.69) is 20.9 Å². The third-order valence-corrected chi connectivity index (χ3v) is 3.00. The minimum Gasteiger partial charge on any atom is -0.436 e. The average Bonchev–Trinajstić information content (AvgIpc) is 2.73. The SMILES string of the molecule is Fc1cc2nc(-c3cccc(Br)c3)oc2cc1F. The summed E-state index contributed by atoms with van der Waals surface area (Å²) in [5.41, 5.74) is 1.26. The highest BCUT2D eigenvalue weighted by Gasteiger charge is 2.12. The van der Waals surface area contributed by atoms with Gasteiger partial charge >= 0.3 is 0 Å². The monoisotopic (exact) mass is 309 g/mol. The molecular weight excluding hydrogens is 304 g/mol. The highest BCUT2D eigenvalue weighted by molar-refractivity contribution is 9.10. The maximum atomic E-state index is 13.1. The van der Waals surface area contributed by atoms with Crippen molar-refractivity contribution in [2.45, 2.75) is 0 Å². The van der Waals surface area contributed by atoms with Gasteiger partial charge in [0.05, 0.1) is 0 Å². The first-order chi connectivity index (χ1) is 8.63. The number of nitrogens with zero attached hydrogens (tertiary/aromatic N) is 1. The van der Waals surface area contributed by atoms with Crippen LogP contribution in [0.1, 0.15) is 0 Å². The van der Waals surface area contributed by atoms with Crippen molar-refractivity contribution in [2.75, 3.05) is 0 Å². The summed E-state index contributed by atoms with van der Waals surface area (Å²) >= 11 is 3.34. The van der Waals surface area contributed by atoms with Crippen LogP contribution in [0.2, 0.25) is 0 Å². The second kappa shape index (κ2) is 4.17. The lowest BCUT2D eigenvalue weighted by Gasteiger charge is -1.94. The zero-order chi connectivity index (χ0) is 12.7. The molecule has 0 saturated heterocycles. The third kappa shape index (κ3) is 1.90. The van der Waals surface area contributed by atoms with Gasteiger partial charge in [-0.25, -0.2) is 13.8 Å². The lowest BCUT2D eigenvalue weighted by atomic mass is 10.2. The molecule has 0 N–H and O–H groups in total. The van der Waals surface area contributed by atoms with Crippen LogP contribution in [-0.2, 0) is 0 Å². The van der Waals surface area contributed by atoms with Crippen molar-refractivity contribution in [1.82, 2.24) is 4.98 Å². The van der Waals surface area contributed by atoms with Crippen LogP contribution in [0.15, 0.2) is 45.3 Å². The zero-order valence-electron chi connectivity index (χ0n) is 8.95. The number of hydrogen-bond donors (Lipinski definition) is 0. The molecule has 0 spiro atoms. The summed E-state index contributed by atoms with van der Waals surface area (Å²) in [6.07, 6.45) is 0. The molecule has 2 aromatic carbocycles. The lowest BCUT2D eigenvalue weighted by Crippen LogP contribution is -1.81. The molecule has 0 amide bonds. The number of aromatic nitrogens is 1. The van der Waals surface area contributed by atoms with Gasteiger partial charge in [-0.05, 0) is 18.2 Å². The molecule has 1 heterocycles. The van der Waals surface area contributed by atoms with E-state index in [1.54, 1.807) is 0 Å². The Hall–Kier alpha value is -1.75. The van der Waals surface area contributed by atoms with Gasteiger partial charge in [0.15, 0.2) is 17.2 Å². The Labute approximate surface area is 109 Å². The highest BCUT2D eigenvalue weighted by Crippen LogP contribution is 2.27. The van der Waals surface area contributed by atoms with Gasteiger partial charge < -0.3 is 4.42 Å². The standard InChI is InChI=1S/C13H6BrF2NO/c14-8-3-1-2-7(4-8)13-17-11-5-9(15)10(16)6-12(11)18-13/h1-6H. The number of rotatable bonds is 1. The predicted octanol–water partition coefficient (Wildman–Crippen LogP) is 4.54. The van der Waals surface area contributed by atoms with Gasteiger partial charge in [0.25, 0.3) is 0 Å². The summed E-state index contributed by atoms with van der Waals surface area (Å²) in [6, 6.07) is 9.34. The molecule has 2 nitrogen and oxygen atoms in total. The van der Waals surface area contributed by atoms with E-state index < -0.39 is 11.6 Å². The molecular formula is C13H6BrF2NO. The van der Waals surface area contributed by atoms with E-state index in [4.69, 9.17) is 4.42 Å². The predicted molar refractivity (Wildman–Crippen MR) is 67.1 cm³/mol. The normalized spacial score (nSPS) is 11.1. The number of halogens is 3. The number of fused-ring (bicyclic) bond motifs is 1. The molecule has 0 bridgehead atoms. The van der Waals surface area contributed by atoms with Crippen LogP contribution in [0.4, 0.5) is 8.78 Å². The first-order valence-electron chi connectivity index (χ1n) is 5.15. The van der Waals surface area contributed by atoms with Crippen LogP contribution in [0.3, 0.4) is 0 Å². The van der Waals surface area contributed by atoms with E-state index >= 15 is 0 Å². The average molecular weight is 310 g/mol. The number of hydrogen-bond acceptors (Lipinski definition) is 2. The molecule has 0 aliphatic rings. The first-order valence-corrected chi connectivity index (χ1v) is 5.94. The van der Waals surface area contributed by atoms with Gasteiger partial charge in [0.2, 0.25) is 5.89 Å². The van der Waals surface area contributed by atoms with E-state index in [-0.39, 0.29) is 5.58 Å². The Balaban J connectivity index is 2.19. The molecule has 0 unspecified atom stereocenters. The molecule has 0 fully saturated rings. The van der Waals surface area contributed by atoms with Crippen molar-refractivity contribution in [3.63, 3.8) is 0 Å². The van der Waals surface area contributed by atoms with Crippen LogP contribution in [0.25, 0.3) is 22.6 Å². The third-order valence-electron chi connectivity index (χ3n) is 2.50. The second-order valence-corrected chi connectivity index (χ2v) is 4.68. The molecule has 0 radical (unpaired) electrons. The van der Waals surface area contributed by atoms with Crippen molar-refractivity contribution < 1.29 is 13.2 Å². The molecule has 0 atom stereocenters. The molecule has 3 aromatic rings. The molecule has 5 heteroatoms. The largest absolute Gasteiger partial charge is 0.436 e. The topological polar surface area (TPSA) is 26.0 Å². The number of benzene rings is 2. The lowest BCUT2D eigenvalue weighted by molar-refractivity contribution is 0.507. The first kappa shape index (κ1) is 11.3. The van der Waals surface area contributed by atoms with Gasteiger partial charge in [0.1, 0.15) is 5.52 Å². The minimum absolute atomic E-state index is 0.226. The Kier molecular flexibility index (Phi) is 2.63. The summed E-state index contributed by atoms with van der Waals surface area (Å²) in [5, 5.41) is 0. The molecule has 0 aliphatic heterocycles. The Morgan fingerprint density at radius 1 is 1.06 bits per heavy atom. The quantitative estimate of drug-likeness (QED) is 0.660. The molecule has 90 valence electrons. The van der Waals surface area contributed by atoms with Crippen LogP contribution < -0.4 is 0 Å². The molecule has 3 rings (SSSR count). The van der Waals surface area contributed by atoms with Gasteiger partial charge in [0, 0.05) is 22.2 Å². The fourth-order valence-electron chi connectivity index (χ4n) is 1.67. The van der Waals surface area contributed by atoms with Crippen molar-refractivity contribution in [3.8, 4) is 11.5 Å². The summed E-state index contributed by atoms with van der Waals surface area (Å²) in [4.78, 5) is 4.13. The molecule has 0 aliphatic carbocycles. The van der Waals surface area contributed by atoms with Gasteiger partial charge in [-0.1, -0.05) is 22.0 Å². The fraction of sp³-hybridized carbons (Fsp3) is 0. The fourth-order valence-corrected chi connectivity index (χ4v) is 2.07. The Bertz CT molecular complexity index is 700. The maximum Gasteiger partial charge on any atom is 0.227 e. The zero-order valence-corrected chi connectivity index (χ0v) is 10.5. The number of oxazole rings is 1. The van der Waals surface area contributed by atoms with Crippen molar-refractivity contribution in [2.24, 2.45) is 0 Å². The van der Waals surface area contributed by atoms with Gasteiger partial charge in [-0.2, -0.15) is 0 Å². The highest BCUT2D eigenvalue weighted by atomic mass is 79.9. The van der Waals surface area contributed by atoms with Crippen LogP contribution >= 0.6 is 15.9 Å². The van der Waals surface area contributed by atoms with E-state index in [0.29, 0.717) is 11.4 Å². The molecule has 0 saturated carbocycles. The summed E-state index contributed by atoms with van der Waals surface area (Å²) < 4.78 is 32.4. The van der Waals surface area contributed by atoms with E-state index in [1.165, 1.54) is 0 Å². The van der Waals surface area contributed by atoms with Gasteiger partial charge in [-0.15, -0.1) is 0 Å². The Morgan fingerprint density at radius 2 is 1.83 bits per heavy atom. The summed E-state index contributed by atoms with van der Waals surface area (Å²) in [7, 11) is 0. The molecule has 18 heavy (non-hydrogen) atoms. The minimum atomic E-state index is -0.945. The van der Waals surface area contributed by atoms with Crippen molar-refractivity contribution in [1.29, 1.82) is 0 Å². The smallest absolute Gasteiger partial charge is 0.227 e. The molecule has 1 aromatic heterocycles. The van der Waals surface area contributed by atoms with E-state index in [9.17, 15) is 8.78 Å². The summed E-state index contributed by atoms with van der Waals surface area (Å²) in [5.74, 6) is -1.55. The van der Waals surface area contributed by atoms with Crippen LogP contribution in [-0.4, -0.2) is 4.98 Å². The van der Waals surface area contributed by atoms with E-state index in [1.807, 2.05) is 24.3 Å².